The molecule has 1 fully saturated rings. The van der Waals surface area contributed by atoms with Gasteiger partial charge < -0.3 is 0 Å². The van der Waals surface area contributed by atoms with Gasteiger partial charge in [0.15, 0.2) is 0 Å². The van der Waals surface area contributed by atoms with Gasteiger partial charge in [-0.2, -0.15) is 0 Å². The minimum absolute atomic E-state index is 0.754. The molecule has 0 radical (unpaired) electrons. The molecule has 0 amide bonds. The number of halogens is 1. The maximum atomic E-state index is 5.62. The first-order valence-electron chi connectivity index (χ1n) is 3.39. The number of hydrogen-bond acceptors (Lipinski definition) is 0. The van der Waals surface area contributed by atoms with Gasteiger partial charge in [0.25, 0.3) is 0 Å². The van der Waals surface area contributed by atoms with Crippen molar-refractivity contribution in [1.29, 1.82) is 0 Å². The third kappa shape index (κ3) is 2.04. The van der Waals surface area contributed by atoms with Crippen molar-refractivity contribution in [2.24, 2.45) is 11.8 Å². The monoisotopic (exact) mass is 132 g/mol. The molecule has 1 aliphatic carbocycles. The van der Waals surface area contributed by atoms with E-state index in [1.165, 1.54) is 19.3 Å². The van der Waals surface area contributed by atoms with Gasteiger partial charge in [0, 0.05) is 5.88 Å². The van der Waals surface area contributed by atoms with Crippen LogP contribution in [-0.2, 0) is 0 Å². The second kappa shape index (κ2) is 2.72. The number of alkyl halides is 1. The second-order valence-electron chi connectivity index (χ2n) is 2.94. The van der Waals surface area contributed by atoms with Crippen LogP contribution in [0.1, 0.15) is 26.2 Å². The quantitative estimate of drug-likeness (QED) is 0.518. The van der Waals surface area contributed by atoms with Crippen LogP contribution in [0.2, 0.25) is 0 Å². The molecule has 48 valence electrons. The first kappa shape index (κ1) is 6.41. The highest BCUT2D eigenvalue weighted by Crippen LogP contribution is 2.35. The van der Waals surface area contributed by atoms with Crippen LogP contribution in [0.25, 0.3) is 0 Å². The molecule has 1 rings (SSSR count). The average Bonchev–Trinajstić information content (AvgIpc) is 2.50. The van der Waals surface area contributed by atoms with Crippen molar-refractivity contribution in [3.05, 3.63) is 0 Å². The van der Waals surface area contributed by atoms with Gasteiger partial charge in [-0.15, -0.1) is 11.6 Å². The Bertz CT molecular complexity index is 66.8. The Labute approximate surface area is 56.2 Å². The van der Waals surface area contributed by atoms with Crippen LogP contribution in [0.3, 0.4) is 0 Å². The molecule has 0 bridgehead atoms. The molecule has 1 saturated carbocycles. The normalized spacial score (nSPS) is 23.2. The zero-order valence-electron chi connectivity index (χ0n) is 5.36. The summed E-state index contributed by atoms with van der Waals surface area (Å²) in [5.74, 6) is 2.64. The predicted octanol–water partition coefficient (Wildman–Crippen LogP) is 2.66. The van der Waals surface area contributed by atoms with Gasteiger partial charge >= 0.3 is 0 Å². The molecule has 0 N–H and O–H groups in total. The first-order valence-corrected chi connectivity index (χ1v) is 3.92. The van der Waals surface area contributed by atoms with Gasteiger partial charge in [-0.05, 0) is 18.3 Å². The Hall–Kier alpha value is 0.290. The molecule has 0 aromatic carbocycles. The molecule has 0 saturated heterocycles. The van der Waals surface area contributed by atoms with Crippen LogP contribution < -0.4 is 0 Å². The van der Waals surface area contributed by atoms with Crippen molar-refractivity contribution in [2.45, 2.75) is 26.2 Å². The molecule has 1 atom stereocenters. The molecule has 1 unspecified atom stereocenters. The van der Waals surface area contributed by atoms with E-state index in [-0.39, 0.29) is 0 Å². The summed E-state index contributed by atoms with van der Waals surface area (Å²) in [6, 6.07) is 0. The van der Waals surface area contributed by atoms with E-state index in [9.17, 15) is 0 Å². The lowest BCUT2D eigenvalue weighted by Crippen LogP contribution is -1.95. The fraction of sp³-hybridized carbons (Fsp3) is 1.00. The smallest absolute Gasteiger partial charge is 0.0249 e. The summed E-state index contributed by atoms with van der Waals surface area (Å²) in [5.41, 5.74) is 0. The Morgan fingerprint density at radius 3 is 2.62 bits per heavy atom. The SMILES string of the molecule is CC(CCl)CC1CC1. The highest BCUT2D eigenvalue weighted by atomic mass is 35.5. The topological polar surface area (TPSA) is 0 Å². The minimum Gasteiger partial charge on any atom is -0.126 e. The molecular weight excluding hydrogens is 120 g/mol. The van der Waals surface area contributed by atoms with Crippen molar-refractivity contribution in [3.8, 4) is 0 Å². The largest absolute Gasteiger partial charge is 0.126 e. The van der Waals surface area contributed by atoms with Gasteiger partial charge in [0.05, 0.1) is 0 Å². The highest BCUT2D eigenvalue weighted by Gasteiger charge is 2.22. The molecule has 0 aliphatic heterocycles. The summed E-state index contributed by atoms with van der Waals surface area (Å²) in [4.78, 5) is 0. The molecule has 0 nitrogen and oxygen atoms in total. The van der Waals surface area contributed by atoms with E-state index in [0.717, 1.165) is 17.7 Å². The van der Waals surface area contributed by atoms with Crippen LogP contribution in [0.4, 0.5) is 0 Å². The maximum Gasteiger partial charge on any atom is 0.0249 e. The average molecular weight is 133 g/mol. The van der Waals surface area contributed by atoms with Gasteiger partial charge in [-0.25, -0.2) is 0 Å². The van der Waals surface area contributed by atoms with Crippen molar-refractivity contribution >= 4 is 11.6 Å². The van der Waals surface area contributed by atoms with Crippen LogP contribution in [0.15, 0.2) is 0 Å². The van der Waals surface area contributed by atoms with Crippen molar-refractivity contribution < 1.29 is 0 Å². The van der Waals surface area contributed by atoms with Gasteiger partial charge in [-0.3, -0.25) is 0 Å². The van der Waals surface area contributed by atoms with Gasteiger partial charge in [0.2, 0.25) is 0 Å². The van der Waals surface area contributed by atoms with Crippen LogP contribution in [0, 0.1) is 11.8 Å². The number of hydrogen-bond donors (Lipinski definition) is 0. The van der Waals surface area contributed by atoms with Crippen LogP contribution >= 0.6 is 11.6 Å². The molecule has 0 heterocycles. The van der Waals surface area contributed by atoms with Crippen molar-refractivity contribution in [2.75, 3.05) is 5.88 Å². The summed E-state index contributed by atoms with van der Waals surface area (Å²) in [5, 5.41) is 0. The molecule has 1 heteroatoms. The lowest BCUT2D eigenvalue weighted by atomic mass is 10.1. The van der Waals surface area contributed by atoms with E-state index in [0.29, 0.717) is 0 Å². The van der Waals surface area contributed by atoms with Crippen molar-refractivity contribution in [1.82, 2.24) is 0 Å². The molecule has 0 aromatic rings. The third-order valence-corrected chi connectivity index (χ3v) is 2.22. The Morgan fingerprint density at radius 2 is 2.25 bits per heavy atom. The number of rotatable bonds is 3. The fourth-order valence-electron chi connectivity index (χ4n) is 0.986. The molecule has 0 aromatic heterocycles. The summed E-state index contributed by atoms with van der Waals surface area (Å²) in [6.07, 6.45) is 4.28. The van der Waals surface area contributed by atoms with E-state index in [2.05, 4.69) is 6.92 Å². The maximum absolute atomic E-state index is 5.62. The van der Waals surface area contributed by atoms with E-state index >= 15 is 0 Å². The summed E-state index contributed by atoms with van der Waals surface area (Å²) in [6.45, 7) is 2.23. The van der Waals surface area contributed by atoms with Crippen molar-refractivity contribution in [3.63, 3.8) is 0 Å². The lowest BCUT2D eigenvalue weighted by Gasteiger charge is -2.02. The molecule has 8 heavy (non-hydrogen) atoms. The summed E-state index contributed by atoms with van der Waals surface area (Å²) >= 11 is 5.62. The standard InChI is InChI=1S/C7H13Cl/c1-6(5-8)4-7-2-3-7/h6-7H,2-5H2,1H3. The molecular formula is C7H13Cl. The lowest BCUT2D eigenvalue weighted by molar-refractivity contribution is 0.546. The molecule has 1 aliphatic rings. The zero-order valence-corrected chi connectivity index (χ0v) is 6.12. The van der Waals surface area contributed by atoms with Gasteiger partial charge in [-0.1, -0.05) is 19.8 Å². The third-order valence-electron chi connectivity index (χ3n) is 1.70. The summed E-state index contributed by atoms with van der Waals surface area (Å²) < 4.78 is 0. The highest BCUT2D eigenvalue weighted by molar-refractivity contribution is 6.18. The predicted molar refractivity (Wildman–Crippen MR) is 37.2 cm³/mol. The van der Waals surface area contributed by atoms with E-state index in [1.807, 2.05) is 0 Å². The van der Waals surface area contributed by atoms with E-state index < -0.39 is 0 Å². The van der Waals surface area contributed by atoms with E-state index in [1.54, 1.807) is 0 Å². The Balaban J connectivity index is 1.98. The second-order valence-corrected chi connectivity index (χ2v) is 3.25. The molecule has 0 spiro atoms. The minimum atomic E-state index is 0.754. The zero-order chi connectivity index (χ0) is 5.98. The Kier molecular flexibility index (Phi) is 2.18. The Morgan fingerprint density at radius 1 is 1.62 bits per heavy atom. The first-order chi connectivity index (χ1) is 3.83. The van der Waals surface area contributed by atoms with E-state index in [4.69, 9.17) is 11.6 Å². The fourth-order valence-corrected chi connectivity index (χ4v) is 1.11. The van der Waals surface area contributed by atoms with Crippen LogP contribution in [-0.4, -0.2) is 5.88 Å². The summed E-state index contributed by atoms with van der Waals surface area (Å²) in [7, 11) is 0. The van der Waals surface area contributed by atoms with Gasteiger partial charge in [0.1, 0.15) is 0 Å². The van der Waals surface area contributed by atoms with Crippen LogP contribution in [0.5, 0.6) is 0 Å².